The van der Waals surface area contributed by atoms with E-state index in [-0.39, 0.29) is 3.74 Å². The monoisotopic (exact) mass is 864 g/mol. The molecule has 97 valence electrons. The molecule has 0 nitrogen and oxygen atoms in total. The predicted molar refractivity (Wildman–Crippen MR) is 109 cm³/mol. The molecular weight excluding hydrogens is 871 g/mol. The van der Waals surface area contributed by atoms with Crippen molar-refractivity contribution in [3.05, 3.63) is 6.92 Å². The van der Waals surface area contributed by atoms with Crippen LogP contribution in [-0.4, -0.2) is 16.7 Å². The van der Waals surface area contributed by atoms with Gasteiger partial charge in [-0.15, -0.1) is 0 Å². The minimum atomic E-state index is -0.674. The highest BCUT2D eigenvalue weighted by Gasteiger charge is 2.65. The third-order valence-corrected chi connectivity index (χ3v) is 20.0. The van der Waals surface area contributed by atoms with E-state index in [2.05, 4.69) is 166 Å². The minimum Gasteiger partial charge on any atom is -0.0739 e. The molecule has 1 radical (unpaired) electrons. The maximum absolute atomic E-state index is 3.99. The number of rotatable bonds is 4. The van der Waals surface area contributed by atoms with Crippen molar-refractivity contribution in [2.45, 2.75) is 16.7 Å². The molecule has 0 saturated heterocycles. The molecule has 0 aromatic carbocycles. The second-order valence-corrected chi connectivity index (χ2v) is 20.1. The maximum Gasteiger partial charge on any atom is 0.135 e. The lowest BCUT2D eigenvalue weighted by atomic mass is 10.2. The van der Waals surface area contributed by atoms with Gasteiger partial charge in [0.15, 0.2) is 0 Å². The first-order valence-corrected chi connectivity index (χ1v) is 11.5. The fourth-order valence-electron chi connectivity index (χ4n) is 0.576. The molecule has 0 aliphatic carbocycles. The Hall–Kier alpha value is 4.80. The Bertz CT molecular complexity index is 249. The van der Waals surface area contributed by atoms with Gasteiger partial charge in [-0.05, 0) is 6.92 Å². The van der Waals surface area contributed by atoms with E-state index in [0.29, 0.717) is 0 Å². The summed E-state index contributed by atoms with van der Waals surface area (Å²) >= 11 is 35.5. The van der Waals surface area contributed by atoms with E-state index >= 15 is 0 Å². The van der Waals surface area contributed by atoms with Crippen molar-refractivity contribution in [2.75, 3.05) is 0 Å². The highest BCUT2D eigenvalue weighted by atomic mass is 79.9. The van der Waals surface area contributed by atoms with Crippen molar-refractivity contribution in [1.29, 1.82) is 0 Å². The normalized spacial score (nSPS) is 15.8. The average molecular weight is 874 g/mol. The maximum atomic E-state index is 3.99. The summed E-state index contributed by atoms with van der Waals surface area (Å²) in [6, 6.07) is 0. The van der Waals surface area contributed by atoms with Crippen LogP contribution in [0, 0.1) is 6.92 Å². The van der Waals surface area contributed by atoms with Crippen LogP contribution in [0.15, 0.2) is 0 Å². The minimum absolute atomic E-state index is 0.0666. The van der Waals surface area contributed by atoms with E-state index in [9.17, 15) is 0 Å². The largest absolute Gasteiger partial charge is 0.135 e. The first kappa shape index (κ1) is 20.8. The van der Waals surface area contributed by atoms with Crippen molar-refractivity contribution >= 4 is 159 Å². The Morgan fingerprint density at radius 3 is 1.19 bits per heavy atom. The van der Waals surface area contributed by atoms with Crippen LogP contribution in [0.1, 0.15) is 0 Å². The second kappa shape index (κ2) is 6.92. The van der Waals surface area contributed by atoms with E-state index in [1.54, 1.807) is 0 Å². The Morgan fingerprint density at radius 1 is 0.688 bits per heavy atom. The van der Waals surface area contributed by atoms with Gasteiger partial charge in [-0.3, -0.25) is 0 Å². The summed E-state index contributed by atoms with van der Waals surface area (Å²) in [5.74, 6) is 0. The van der Waals surface area contributed by atoms with Crippen molar-refractivity contribution < 1.29 is 0 Å². The van der Waals surface area contributed by atoms with Gasteiger partial charge in [0, 0.05) is 0 Å². The molecule has 0 N–H and O–H groups in total. The van der Waals surface area contributed by atoms with Crippen LogP contribution < -0.4 is 0 Å². The summed E-state index contributed by atoms with van der Waals surface area (Å²) < 4.78 is -2.63. The van der Waals surface area contributed by atoms with Gasteiger partial charge in [-0.1, -0.05) is 159 Å². The van der Waals surface area contributed by atoms with Crippen LogP contribution in [0.25, 0.3) is 0 Å². The standard InChI is InChI=1S/C6H3Br10/c1-3(9,10)5(13,14)6(15,16)4(11,12)2(7)8/h2H,1H2. The quantitative estimate of drug-likeness (QED) is 0.253. The first-order chi connectivity index (χ1) is 6.69. The zero-order valence-electron chi connectivity index (χ0n) is 7.06. The van der Waals surface area contributed by atoms with Gasteiger partial charge in [-0.2, -0.15) is 0 Å². The lowest BCUT2D eigenvalue weighted by molar-refractivity contribution is 0.713. The number of hydrogen-bond acceptors (Lipinski definition) is 0. The number of hydrogen-bond donors (Lipinski definition) is 0. The van der Waals surface area contributed by atoms with Crippen molar-refractivity contribution in [1.82, 2.24) is 0 Å². The molecule has 0 bridgehead atoms. The van der Waals surface area contributed by atoms with Gasteiger partial charge in [-0.25, -0.2) is 0 Å². The predicted octanol–water partition coefficient (Wildman–Crippen LogP) is 7.88. The molecule has 0 aromatic rings. The summed E-state index contributed by atoms with van der Waals surface area (Å²) in [4.78, 5) is 0. The Kier molecular flexibility index (Phi) is 9.00. The summed E-state index contributed by atoms with van der Waals surface area (Å²) in [7, 11) is 0. The fourth-order valence-corrected chi connectivity index (χ4v) is 7.57. The molecule has 10 heteroatoms. The van der Waals surface area contributed by atoms with Crippen LogP contribution in [0.2, 0.25) is 0 Å². The highest BCUT2D eigenvalue weighted by Crippen LogP contribution is 2.68. The molecule has 0 aliphatic heterocycles. The molecule has 0 heterocycles. The van der Waals surface area contributed by atoms with Crippen molar-refractivity contribution in [2.24, 2.45) is 0 Å². The molecule has 0 spiro atoms. The molecule has 0 atom stereocenters. The molecule has 0 rings (SSSR count). The van der Waals surface area contributed by atoms with Crippen LogP contribution in [-0.2, 0) is 0 Å². The SMILES string of the molecule is [CH2]C(Br)(Br)C(Br)(Br)C(Br)(Br)C(Br)(Br)C(Br)Br. The van der Waals surface area contributed by atoms with Gasteiger partial charge in [0.05, 0.1) is 3.74 Å². The van der Waals surface area contributed by atoms with E-state index in [1.165, 1.54) is 0 Å². The van der Waals surface area contributed by atoms with Gasteiger partial charge in [0.1, 0.15) is 12.9 Å². The molecular formula is C6H3Br10. The third-order valence-electron chi connectivity index (χ3n) is 1.55. The molecule has 0 unspecified atom stereocenters. The van der Waals surface area contributed by atoms with E-state index in [4.69, 9.17) is 0 Å². The molecule has 0 amide bonds. The van der Waals surface area contributed by atoms with Gasteiger partial charge in [0.25, 0.3) is 0 Å². The van der Waals surface area contributed by atoms with Crippen LogP contribution in [0.3, 0.4) is 0 Å². The number of halogens is 10. The summed E-state index contributed by atoms with van der Waals surface area (Å²) in [5, 5.41) is 0. The summed E-state index contributed by atoms with van der Waals surface area (Å²) in [6.45, 7) is 3.99. The van der Waals surface area contributed by atoms with Gasteiger partial charge in [0.2, 0.25) is 0 Å². The topological polar surface area (TPSA) is 0 Å². The van der Waals surface area contributed by atoms with Crippen LogP contribution >= 0.6 is 159 Å². The van der Waals surface area contributed by atoms with Gasteiger partial charge >= 0.3 is 0 Å². The second-order valence-electron chi connectivity index (χ2n) is 2.78. The van der Waals surface area contributed by atoms with Crippen LogP contribution in [0.4, 0.5) is 0 Å². The van der Waals surface area contributed by atoms with E-state index in [0.717, 1.165) is 0 Å². The lowest BCUT2D eigenvalue weighted by Gasteiger charge is -2.48. The zero-order valence-corrected chi connectivity index (χ0v) is 22.9. The lowest BCUT2D eigenvalue weighted by Crippen LogP contribution is -2.56. The summed E-state index contributed by atoms with van der Waals surface area (Å²) in [6.07, 6.45) is 0. The zero-order chi connectivity index (χ0) is 13.6. The fraction of sp³-hybridized carbons (Fsp3) is 0.833. The average Bonchev–Trinajstić information content (AvgIpc) is 2.00. The first-order valence-electron chi connectivity index (χ1n) is 3.34. The third kappa shape index (κ3) is 4.17. The molecule has 0 aromatic heterocycles. The van der Waals surface area contributed by atoms with E-state index < -0.39 is 12.9 Å². The highest BCUT2D eigenvalue weighted by molar-refractivity contribution is 9.35. The smallest absolute Gasteiger partial charge is 0.0739 e. The summed E-state index contributed by atoms with van der Waals surface area (Å²) in [5.41, 5.74) is 0. The van der Waals surface area contributed by atoms with Crippen molar-refractivity contribution in [3.63, 3.8) is 0 Å². The Morgan fingerprint density at radius 2 is 1.00 bits per heavy atom. The Balaban J connectivity index is 5.53. The molecule has 0 fully saturated rings. The molecule has 16 heavy (non-hydrogen) atoms. The molecule has 0 aliphatic rings. The Labute approximate surface area is 179 Å². The molecule has 0 saturated carbocycles. The van der Waals surface area contributed by atoms with E-state index in [1.807, 2.05) is 0 Å². The van der Waals surface area contributed by atoms with Gasteiger partial charge < -0.3 is 0 Å². The van der Waals surface area contributed by atoms with Crippen molar-refractivity contribution in [3.8, 4) is 0 Å². The van der Waals surface area contributed by atoms with Crippen LogP contribution in [0.5, 0.6) is 0 Å². The number of alkyl halides is 10.